The van der Waals surface area contributed by atoms with Crippen LogP contribution in [0.1, 0.15) is 39.0 Å². The smallest absolute Gasteiger partial charge is 0.328 e. The molecule has 0 saturated carbocycles. The Morgan fingerprint density at radius 2 is 2.44 bits per heavy atom. The summed E-state index contributed by atoms with van der Waals surface area (Å²) >= 11 is 0. The van der Waals surface area contributed by atoms with Gasteiger partial charge in [0, 0.05) is 6.42 Å². The molecule has 0 spiro atoms. The summed E-state index contributed by atoms with van der Waals surface area (Å²) in [7, 11) is 0. The number of carbonyl (C=O) groups excluding carboxylic acids is 2. The second kappa shape index (κ2) is 6.48. The molecule has 2 atom stereocenters. The normalized spacial score (nSPS) is 21.6. The van der Waals surface area contributed by atoms with Gasteiger partial charge in [-0.15, -0.1) is 0 Å². The van der Waals surface area contributed by atoms with Gasteiger partial charge in [-0.1, -0.05) is 19.8 Å². The lowest BCUT2D eigenvalue weighted by molar-refractivity contribution is -0.141. The van der Waals surface area contributed by atoms with Crippen molar-refractivity contribution in [3.05, 3.63) is 0 Å². The van der Waals surface area contributed by atoms with E-state index in [9.17, 15) is 14.7 Å². The maximum atomic E-state index is 11.4. The molecule has 2 N–H and O–H groups in total. The Bertz CT molecular complexity index is 254. The number of esters is 1. The van der Waals surface area contributed by atoms with E-state index >= 15 is 0 Å². The van der Waals surface area contributed by atoms with Crippen LogP contribution in [0.5, 0.6) is 0 Å². The Kier molecular flexibility index (Phi) is 5.25. The van der Waals surface area contributed by atoms with E-state index < -0.39 is 12.1 Å². The van der Waals surface area contributed by atoms with Crippen LogP contribution in [0.15, 0.2) is 0 Å². The highest BCUT2D eigenvalue weighted by Gasteiger charge is 2.28. The van der Waals surface area contributed by atoms with E-state index in [1.165, 1.54) is 0 Å². The first-order valence-electron chi connectivity index (χ1n) is 5.77. The highest BCUT2D eigenvalue weighted by Crippen LogP contribution is 2.08. The average molecular weight is 229 g/mol. The number of carbonyl (C=O) groups is 2. The zero-order valence-corrected chi connectivity index (χ0v) is 9.57. The molecule has 1 amide bonds. The third-order valence-electron chi connectivity index (χ3n) is 2.58. The monoisotopic (exact) mass is 229 g/mol. The fourth-order valence-corrected chi connectivity index (χ4v) is 1.64. The van der Waals surface area contributed by atoms with Crippen LogP contribution in [-0.4, -0.2) is 35.7 Å². The van der Waals surface area contributed by atoms with Crippen LogP contribution in [0.4, 0.5) is 0 Å². The number of hydrogen-bond donors (Lipinski definition) is 2. The van der Waals surface area contributed by atoms with Gasteiger partial charge >= 0.3 is 5.97 Å². The van der Waals surface area contributed by atoms with Gasteiger partial charge in [0.25, 0.3) is 0 Å². The van der Waals surface area contributed by atoms with Crippen molar-refractivity contribution in [3.8, 4) is 0 Å². The van der Waals surface area contributed by atoms with Gasteiger partial charge in [-0.05, 0) is 6.42 Å². The molecule has 0 aromatic rings. The van der Waals surface area contributed by atoms with E-state index in [0.29, 0.717) is 19.4 Å². The van der Waals surface area contributed by atoms with Gasteiger partial charge in [0.15, 0.2) is 0 Å². The lowest BCUT2D eigenvalue weighted by Crippen LogP contribution is -2.39. The van der Waals surface area contributed by atoms with E-state index in [1.54, 1.807) is 0 Å². The zero-order valence-electron chi connectivity index (χ0n) is 9.57. The third kappa shape index (κ3) is 4.18. The molecular weight excluding hydrogens is 210 g/mol. The van der Waals surface area contributed by atoms with Gasteiger partial charge < -0.3 is 15.2 Å². The summed E-state index contributed by atoms with van der Waals surface area (Å²) in [5.41, 5.74) is 0. The quantitative estimate of drug-likeness (QED) is 0.645. The van der Waals surface area contributed by atoms with E-state index in [0.717, 1.165) is 12.8 Å². The van der Waals surface area contributed by atoms with Crippen molar-refractivity contribution in [1.82, 2.24) is 5.32 Å². The second-order valence-corrected chi connectivity index (χ2v) is 4.08. The van der Waals surface area contributed by atoms with E-state index in [4.69, 9.17) is 4.74 Å². The van der Waals surface area contributed by atoms with E-state index in [-0.39, 0.29) is 18.3 Å². The fourth-order valence-electron chi connectivity index (χ4n) is 1.64. The molecule has 0 unspecified atom stereocenters. The second-order valence-electron chi connectivity index (χ2n) is 4.08. The summed E-state index contributed by atoms with van der Waals surface area (Å²) in [6.45, 7) is 2.39. The molecule has 1 aliphatic rings. The highest BCUT2D eigenvalue weighted by molar-refractivity contribution is 5.85. The largest absolute Gasteiger partial charge is 0.464 e. The molecule has 16 heavy (non-hydrogen) atoms. The summed E-state index contributed by atoms with van der Waals surface area (Å²) < 4.78 is 4.72. The molecule has 1 heterocycles. The van der Waals surface area contributed by atoms with Gasteiger partial charge in [-0.25, -0.2) is 4.79 Å². The number of amides is 1. The number of nitrogens with one attached hydrogen (secondary N) is 1. The zero-order chi connectivity index (χ0) is 12.0. The van der Waals surface area contributed by atoms with Crippen molar-refractivity contribution < 1.29 is 19.4 Å². The van der Waals surface area contributed by atoms with Crippen molar-refractivity contribution >= 4 is 11.9 Å². The molecule has 1 rings (SSSR count). The average Bonchev–Trinajstić information content (AvgIpc) is 2.61. The predicted molar refractivity (Wildman–Crippen MR) is 57.7 cm³/mol. The Balaban J connectivity index is 2.22. The van der Waals surface area contributed by atoms with Crippen molar-refractivity contribution in [2.75, 3.05) is 6.61 Å². The molecule has 0 radical (unpaired) electrons. The number of cyclic esters (lactones) is 1. The summed E-state index contributed by atoms with van der Waals surface area (Å²) in [4.78, 5) is 22.5. The first-order valence-corrected chi connectivity index (χ1v) is 5.77. The van der Waals surface area contributed by atoms with Crippen molar-refractivity contribution in [1.29, 1.82) is 0 Å². The number of hydrogen-bond acceptors (Lipinski definition) is 4. The fraction of sp³-hybridized carbons (Fsp3) is 0.818. The standard InChI is InChI=1S/C11H19NO4/c1-2-3-4-8(13)7-10(14)12-9-5-6-16-11(9)15/h8-9,13H,2-7H2,1H3,(H,12,14)/t8-,9+/m1/s1. The molecular formula is C11H19NO4. The van der Waals surface area contributed by atoms with Gasteiger partial charge in [-0.2, -0.15) is 0 Å². The maximum absolute atomic E-state index is 11.4. The Morgan fingerprint density at radius 1 is 1.69 bits per heavy atom. The van der Waals surface area contributed by atoms with Crippen LogP contribution < -0.4 is 5.32 Å². The summed E-state index contributed by atoms with van der Waals surface area (Å²) in [6, 6.07) is -0.522. The minimum atomic E-state index is -0.614. The predicted octanol–water partition coefficient (Wildman–Crippen LogP) is 0.359. The molecule has 1 aliphatic heterocycles. The summed E-state index contributed by atoms with van der Waals surface area (Å²) in [5, 5.41) is 12.1. The van der Waals surface area contributed by atoms with Gasteiger partial charge in [-0.3, -0.25) is 4.79 Å². The van der Waals surface area contributed by atoms with Crippen LogP contribution in [0.2, 0.25) is 0 Å². The molecule has 0 aliphatic carbocycles. The molecule has 1 fully saturated rings. The minimum absolute atomic E-state index is 0.0593. The Morgan fingerprint density at radius 3 is 3.00 bits per heavy atom. The lowest BCUT2D eigenvalue weighted by Gasteiger charge is -2.12. The molecule has 0 bridgehead atoms. The van der Waals surface area contributed by atoms with Crippen LogP contribution in [0.25, 0.3) is 0 Å². The number of ether oxygens (including phenoxy) is 1. The van der Waals surface area contributed by atoms with Crippen LogP contribution in [0.3, 0.4) is 0 Å². The molecule has 92 valence electrons. The van der Waals surface area contributed by atoms with Crippen molar-refractivity contribution in [2.45, 2.75) is 51.2 Å². The third-order valence-corrected chi connectivity index (χ3v) is 2.58. The molecule has 0 aromatic carbocycles. The number of aliphatic hydroxyl groups is 1. The molecule has 5 nitrogen and oxygen atoms in total. The van der Waals surface area contributed by atoms with Crippen molar-refractivity contribution in [2.24, 2.45) is 0 Å². The minimum Gasteiger partial charge on any atom is -0.464 e. The summed E-state index contributed by atoms with van der Waals surface area (Å²) in [5.74, 6) is -0.663. The van der Waals surface area contributed by atoms with E-state index in [1.807, 2.05) is 6.92 Å². The van der Waals surface area contributed by atoms with Gasteiger partial charge in [0.2, 0.25) is 5.91 Å². The first-order chi connectivity index (χ1) is 7.63. The SMILES string of the molecule is CCCC[C@@H](O)CC(=O)N[C@H]1CCOC1=O. The van der Waals surface area contributed by atoms with Gasteiger partial charge in [0.1, 0.15) is 6.04 Å². The lowest BCUT2D eigenvalue weighted by atomic mass is 10.1. The topological polar surface area (TPSA) is 75.6 Å². The van der Waals surface area contributed by atoms with Gasteiger partial charge in [0.05, 0.1) is 19.1 Å². The Hall–Kier alpha value is -1.10. The first kappa shape index (κ1) is 13.0. The Labute approximate surface area is 95.2 Å². The molecule has 5 heteroatoms. The molecule has 0 aromatic heterocycles. The van der Waals surface area contributed by atoms with Crippen molar-refractivity contribution in [3.63, 3.8) is 0 Å². The molecule has 1 saturated heterocycles. The van der Waals surface area contributed by atoms with Crippen LogP contribution in [0, 0.1) is 0 Å². The maximum Gasteiger partial charge on any atom is 0.328 e. The van der Waals surface area contributed by atoms with Crippen LogP contribution in [-0.2, 0) is 14.3 Å². The number of unbranched alkanes of at least 4 members (excludes halogenated alkanes) is 1. The summed E-state index contributed by atoms with van der Waals surface area (Å²) in [6.07, 6.45) is 2.49. The number of aliphatic hydroxyl groups excluding tert-OH is 1. The number of rotatable bonds is 6. The van der Waals surface area contributed by atoms with Crippen LogP contribution >= 0.6 is 0 Å². The highest BCUT2D eigenvalue weighted by atomic mass is 16.5. The van der Waals surface area contributed by atoms with E-state index in [2.05, 4.69) is 5.32 Å².